The van der Waals surface area contributed by atoms with Crippen LogP contribution < -0.4 is 4.74 Å². The fourth-order valence-corrected chi connectivity index (χ4v) is 2.95. The van der Waals surface area contributed by atoms with E-state index in [0.717, 1.165) is 37.0 Å². The molecule has 0 aliphatic rings. The standard InChI is InChI=1S/C19H33N3O3S/c1-5-7-9-11-13-24-19-18(20-26-21-19)17(12-10-8-6-2)14-22(4)15-25-16(3)23/h12H,5-11,13-15H2,1-4H3/b17-12+. The third kappa shape index (κ3) is 9.29. The van der Waals surface area contributed by atoms with Gasteiger partial charge in [0.25, 0.3) is 5.88 Å². The van der Waals surface area contributed by atoms with Crippen LogP contribution >= 0.6 is 11.7 Å². The molecule has 0 fully saturated rings. The van der Waals surface area contributed by atoms with E-state index in [1.807, 2.05) is 11.9 Å². The van der Waals surface area contributed by atoms with Gasteiger partial charge in [0.15, 0.2) is 0 Å². The third-order valence-corrected chi connectivity index (χ3v) is 4.39. The maximum absolute atomic E-state index is 11.0. The number of esters is 1. The van der Waals surface area contributed by atoms with Crippen molar-refractivity contribution in [2.75, 3.05) is 26.9 Å². The number of nitrogens with zero attached hydrogens (tertiary/aromatic N) is 3. The lowest BCUT2D eigenvalue weighted by Gasteiger charge is -2.18. The van der Waals surface area contributed by atoms with Crippen molar-refractivity contribution in [2.45, 2.75) is 65.7 Å². The van der Waals surface area contributed by atoms with E-state index in [1.54, 1.807) is 0 Å². The number of hydrogen-bond acceptors (Lipinski definition) is 7. The summed E-state index contributed by atoms with van der Waals surface area (Å²) in [6.45, 7) is 7.35. The molecule has 148 valence electrons. The number of ether oxygens (including phenoxy) is 2. The van der Waals surface area contributed by atoms with Gasteiger partial charge in [0.1, 0.15) is 12.4 Å². The van der Waals surface area contributed by atoms with E-state index in [1.165, 1.54) is 37.9 Å². The molecule has 7 heteroatoms. The van der Waals surface area contributed by atoms with E-state index < -0.39 is 0 Å². The smallest absolute Gasteiger partial charge is 0.303 e. The summed E-state index contributed by atoms with van der Waals surface area (Å²) in [7, 11) is 1.92. The van der Waals surface area contributed by atoms with Crippen LogP contribution in [0.1, 0.15) is 71.4 Å². The number of aromatic nitrogens is 2. The molecule has 0 saturated carbocycles. The lowest BCUT2D eigenvalue weighted by atomic mass is 10.1. The van der Waals surface area contributed by atoms with Crippen LogP contribution in [0.15, 0.2) is 6.08 Å². The molecule has 1 aromatic rings. The van der Waals surface area contributed by atoms with Crippen LogP contribution in [0.3, 0.4) is 0 Å². The molecular weight excluding hydrogens is 350 g/mol. The van der Waals surface area contributed by atoms with Crippen LogP contribution in [0, 0.1) is 0 Å². The third-order valence-electron chi connectivity index (χ3n) is 3.88. The summed E-state index contributed by atoms with van der Waals surface area (Å²) in [5.74, 6) is 0.343. The van der Waals surface area contributed by atoms with Crippen LogP contribution in [-0.4, -0.2) is 46.5 Å². The zero-order valence-corrected chi connectivity index (χ0v) is 17.4. The van der Waals surface area contributed by atoms with Crippen molar-refractivity contribution < 1.29 is 14.3 Å². The maximum atomic E-state index is 11.0. The predicted molar refractivity (Wildman–Crippen MR) is 106 cm³/mol. The summed E-state index contributed by atoms with van der Waals surface area (Å²) < 4.78 is 19.7. The molecule has 0 spiro atoms. The minimum Gasteiger partial charge on any atom is -0.475 e. The van der Waals surface area contributed by atoms with E-state index in [-0.39, 0.29) is 12.7 Å². The monoisotopic (exact) mass is 383 g/mol. The average Bonchev–Trinajstić information content (AvgIpc) is 3.07. The summed E-state index contributed by atoms with van der Waals surface area (Å²) in [5, 5.41) is 0. The summed E-state index contributed by atoms with van der Waals surface area (Å²) in [5.41, 5.74) is 1.89. The highest BCUT2D eigenvalue weighted by Crippen LogP contribution is 2.26. The molecule has 0 aliphatic heterocycles. The molecule has 6 nitrogen and oxygen atoms in total. The minimum absolute atomic E-state index is 0.255. The van der Waals surface area contributed by atoms with Crippen molar-refractivity contribution in [1.29, 1.82) is 0 Å². The Kier molecular flexibility index (Phi) is 11.9. The predicted octanol–water partition coefficient (Wildman–Crippen LogP) is 4.52. The lowest BCUT2D eigenvalue weighted by molar-refractivity contribution is -0.144. The first-order valence-electron chi connectivity index (χ1n) is 9.55. The normalized spacial score (nSPS) is 11.8. The Hall–Kier alpha value is -1.47. The van der Waals surface area contributed by atoms with E-state index in [0.29, 0.717) is 19.0 Å². The van der Waals surface area contributed by atoms with Crippen molar-refractivity contribution in [3.63, 3.8) is 0 Å². The maximum Gasteiger partial charge on any atom is 0.303 e. The minimum atomic E-state index is -0.278. The van der Waals surface area contributed by atoms with Crippen molar-refractivity contribution in [3.05, 3.63) is 11.8 Å². The van der Waals surface area contributed by atoms with Gasteiger partial charge in [-0.05, 0) is 25.5 Å². The zero-order chi connectivity index (χ0) is 19.2. The van der Waals surface area contributed by atoms with Gasteiger partial charge in [-0.2, -0.15) is 4.37 Å². The quantitative estimate of drug-likeness (QED) is 0.267. The Morgan fingerprint density at radius 1 is 1.15 bits per heavy atom. The summed E-state index contributed by atoms with van der Waals surface area (Å²) in [6.07, 6.45) is 10.1. The van der Waals surface area contributed by atoms with Crippen LogP contribution in [0.25, 0.3) is 5.57 Å². The van der Waals surface area contributed by atoms with Gasteiger partial charge < -0.3 is 9.47 Å². The average molecular weight is 384 g/mol. The molecule has 0 amide bonds. The zero-order valence-electron chi connectivity index (χ0n) is 16.6. The lowest BCUT2D eigenvalue weighted by Crippen LogP contribution is -2.25. The molecular formula is C19H33N3O3S. The topological polar surface area (TPSA) is 64.5 Å². The Labute approximate surface area is 161 Å². The molecule has 26 heavy (non-hydrogen) atoms. The second-order valence-electron chi connectivity index (χ2n) is 6.48. The van der Waals surface area contributed by atoms with Gasteiger partial charge in [-0.15, -0.1) is 4.37 Å². The van der Waals surface area contributed by atoms with E-state index in [9.17, 15) is 4.79 Å². The number of likely N-dealkylation sites (N-methyl/N-ethyl adjacent to an activating group) is 1. The second kappa shape index (κ2) is 13.7. The van der Waals surface area contributed by atoms with Crippen LogP contribution in [0.4, 0.5) is 0 Å². The van der Waals surface area contributed by atoms with Crippen molar-refractivity contribution in [3.8, 4) is 5.88 Å². The molecule has 0 saturated heterocycles. The van der Waals surface area contributed by atoms with Gasteiger partial charge in [-0.1, -0.05) is 52.0 Å². The fourth-order valence-electron chi connectivity index (χ4n) is 2.42. The molecule has 1 aromatic heterocycles. The molecule has 0 unspecified atom stereocenters. The molecule has 0 radical (unpaired) electrons. The Morgan fingerprint density at radius 2 is 1.92 bits per heavy atom. The highest BCUT2D eigenvalue weighted by Gasteiger charge is 2.16. The van der Waals surface area contributed by atoms with Gasteiger partial charge in [0.05, 0.1) is 18.3 Å². The molecule has 1 rings (SSSR count). The SMILES string of the molecule is CCCC/C=C(\CN(C)COC(C)=O)c1nsnc1OCCCCCC. The molecule has 0 bridgehead atoms. The van der Waals surface area contributed by atoms with Crippen molar-refractivity contribution in [2.24, 2.45) is 0 Å². The molecule has 0 aromatic carbocycles. The van der Waals surface area contributed by atoms with Gasteiger partial charge in [0.2, 0.25) is 0 Å². The first-order chi connectivity index (χ1) is 12.6. The summed E-state index contributed by atoms with van der Waals surface area (Å²) in [4.78, 5) is 13.0. The number of hydrogen-bond donors (Lipinski definition) is 0. The Morgan fingerprint density at radius 3 is 2.62 bits per heavy atom. The highest BCUT2D eigenvalue weighted by atomic mass is 32.1. The van der Waals surface area contributed by atoms with Crippen LogP contribution in [0.5, 0.6) is 5.88 Å². The first kappa shape index (κ1) is 22.6. The number of carbonyl (C=O) groups is 1. The molecule has 0 atom stereocenters. The fraction of sp³-hybridized carbons (Fsp3) is 0.737. The Balaban J connectivity index is 2.72. The number of carbonyl (C=O) groups excluding carboxylic acids is 1. The van der Waals surface area contributed by atoms with Crippen molar-refractivity contribution >= 4 is 23.3 Å². The van der Waals surface area contributed by atoms with E-state index in [2.05, 4.69) is 28.7 Å². The summed E-state index contributed by atoms with van der Waals surface area (Å²) in [6, 6.07) is 0. The Bertz CT molecular complexity index is 546. The summed E-state index contributed by atoms with van der Waals surface area (Å²) >= 11 is 1.18. The van der Waals surface area contributed by atoms with E-state index >= 15 is 0 Å². The van der Waals surface area contributed by atoms with Gasteiger partial charge in [-0.25, -0.2) is 0 Å². The molecule has 0 N–H and O–H groups in total. The van der Waals surface area contributed by atoms with Gasteiger partial charge >= 0.3 is 5.97 Å². The van der Waals surface area contributed by atoms with Crippen LogP contribution in [0.2, 0.25) is 0 Å². The number of allylic oxidation sites excluding steroid dienone is 1. The van der Waals surface area contributed by atoms with Gasteiger partial charge in [-0.3, -0.25) is 9.69 Å². The first-order valence-corrected chi connectivity index (χ1v) is 10.3. The van der Waals surface area contributed by atoms with Gasteiger partial charge in [0, 0.05) is 13.5 Å². The number of unbranched alkanes of at least 4 members (excludes halogenated alkanes) is 5. The molecule has 0 aliphatic carbocycles. The highest BCUT2D eigenvalue weighted by molar-refractivity contribution is 6.99. The van der Waals surface area contributed by atoms with E-state index in [4.69, 9.17) is 9.47 Å². The molecule has 1 heterocycles. The largest absolute Gasteiger partial charge is 0.475 e. The second-order valence-corrected chi connectivity index (χ2v) is 7.01. The number of rotatable bonds is 14. The van der Waals surface area contributed by atoms with Crippen molar-refractivity contribution in [1.82, 2.24) is 13.6 Å². The van der Waals surface area contributed by atoms with Crippen LogP contribution in [-0.2, 0) is 9.53 Å².